The summed E-state index contributed by atoms with van der Waals surface area (Å²) in [7, 11) is 0. The fourth-order valence-electron chi connectivity index (χ4n) is 2.73. The number of benzene rings is 3. The molecule has 6 nitrogen and oxygen atoms in total. The zero-order chi connectivity index (χ0) is 20.6. The SMILES string of the molecule is O=C(CSc1nc2ccccc2[nH]1)N/N=C/c1ccc(OCc2ccccc2)cc1. The van der Waals surface area contributed by atoms with E-state index in [1.807, 2.05) is 78.9 Å². The Balaban J connectivity index is 1.22. The summed E-state index contributed by atoms with van der Waals surface area (Å²) >= 11 is 1.34. The average molecular weight is 417 g/mol. The van der Waals surface area contributed by atoms with Crippen LogP contribution < -0.4 is 10.2 Å². The van der Waals surface area contributed by atoms with Crippen LogP contribution in [0.5, 0.6) is 5.75 Å². The lowest BCUT2D eigenvalue weighted by atomic mass is 10.2. The van der Waals surface area contributed by atoms with E-state index >= 15 is 0 Å². The van der Waals surface area contributed by atoms with Gasteiger partial charge in [-0.3, -0.25) is 4.79 Å². The maximum atomic E-state index is 12.0. The van der Waals surface area contributed by atoms with Crippen molar-refractivity contribution in [1.82, 2.24) is 15.4 Å². The molecule has 4 rings (SSSR count). The van der Waals surface area contributed by atoms with Crippen LogP contribution in [0.4, 0.5) is 0 Å². The van der Waals surface area contributed by atoms with Crippen LogP contribution in [0.3, 0.4) is 0 Å². The summed E-state index contributed by atoms with van der Waals surface area (Å²) in [5, 5.41) is 4.72. The van der Waals surface area contributed by atoms with Gasteiger partial charge in [0.1, 0.15) is 12.4 Å². The fraction of sp³-hybridized carbons (Fsp3) is 0.0870. The van der Waals surface area contributed by atoms with Crippen LogP contribution in [0.2, 0.25) is 0 Å². The second-order valence-electron chi connectivity index (χ2n) is 6.48. The molecule has 4 aromatic rings. The summed E-state index contributed by atoms with van der Waals surface area (Å²) in [4.78, 5) is 19.6. The molecule has 0 bridgehead atoms. The largest absolute Gasteiger partial charge is 0.489 e. The van der Waals surface area contributed by atoms with Crippen molar-refractivity contribution in [2.45, 2.75) is 11.8 Å². The van der Waals surface area contributed by atoms with Gasteiger partial charge in [-0.1, -0.05) is 54.2 Å². The lowest BCUT2D eigenvalue weighted by Gasteiger charge is -2.06. The molecule has 150 valence electrons. The highest BCUT2D eigenvalue weighted by Gasteiger charge is 2.06. The smallest absolute Gasteiger partial charge is 0.250 e. The first-order valence-electron chi connectivity index (χ1n) is 9.42. The van der Waals surface area contributed by atoms with Gasteiger partial charge in [-0.25, -0.2) is 10.4 Å². The van der Waals surface area contributed by atoms with Gasteiger partial charge in [-0.2, -0.15) is 5.10 Å². The minimum absolute atomic E-state index is 0.195. The third kappa shape index (κ3) is 5.48. The Labute approximate surface area is 178 Å². The van der Waals surface area contributed by atoms with Crippen molar-refractivity contribution in [1.29, 1.82) is 0 Å². The Morgan fingerprint density at radius 2 is 1.80 bits per heavy atom. The highest BCUT2D eigenvalue weighted by molar-refractivity contribution is 7.99. The van der Waals surface area contributed by atoms with E-state index in [1.54, 1.807) is 6.21 Å². The summed E-state index contributed by atoms with van der Waals surface area (Å²) < 4.78 is 5.76. The predicted octanol–water partition coefficient (Wildman–Crippen LogP) is 4.38. The van der Waals surface area contributed by atoms with E-state index in [0.29, 0.717) is 11.8 Å². The van der Waals surface area contributed by atoms with Gasteiger partial charge in [0.25, 0.3) is 5.91 Å². The van der Waals surface area contributed by atoms with E-state index in [9.17, 15) is 4.79 Å². The molecular weight excluding hydrogens is 396 g/mol. The number of thioether (sulfide) groups is 1. The number of hydrogen-bond donors (Lipinski definition) is 2. The number of nitrogens with zero attached hydrogens (tertiary/aromatic N) is 2. The van der Waals surface area contributed by atoms with E-state index < -0.39 is 0 Å². The summed E-state index contributed by atoms with van der Waals surface area (Å²) in [6.07, 6.45) is 1.60. The normalized spacial score (nSPS) is 11.1. The predicted molar refractivity (Wildman–Crippen MR) is 120 cm³/mol. The maximum Gasteiger partial charge on any atom is 0.250 e. The van der Waals surface area contributed by atoms with E-state index in [0.717, 1.165) is 27.9 Å². The van der Waals surface area contributed by atoms with Crippen molar-refractivity contribution in [2.75, 3.05) is 5.75 Å². The van der Waals surface area contributed by atoms with E-state index in [1.165, 1.54) is 11.8 Å². The Morgan fingerprint density at radius 1 is 1.03 bits per heavy atom. The molecule has 0 saturated heterocycles. The molecule has 0 aliphatic carbocycles. The molecule has 0 aliphatic rings. The number of rotatable bonds is 8. The van der Waals surface area contributed by atoms with Gasteiger partial charge in [0.15, 0.2) is 5.16 Å². The van der Waals surface area contributed by atoms with Crippen LogP contribution in [0.25, 0.3) is 11.0 Å². The number of ether oxygens (including phenoxy) is 1. The van der Waals surface area contributed by atoms with Crippen molar-refractivity contribution in [3.05, 3.63) is 90.0 Å². The zero-order valence-corrected chi connectivity index (χ0v) is 16.9. The molecule has 0 atom stereocenters. The molecule has 0 fully saturated rings. The Morgan fingerprint density at radius 3 is 2.60 bits per heavy atom. The number of carbonyl (C=O) groups is 1. The van der Waals surface area contributed by atoms with Crippen LogP contribution >= 0.6 is 11.8 Å². The quantitative estimate of drug-likeness (QED) is 0.254. The third-order valence-electron chi connectivity index (χ3n) is 4.24. The Kier molecular flexibility index (Phi) is 6.41. The molecular formula is C23H20N4O2S. The first-order chi connectivity index (χ1) is 14.8. The number of hydrogen-bond acceptors (Lipinski definition) is 5. The highest BCUT2D eigenvalue weighted by atomic mass is 32.2. The van der Waals surface area contributed by atoms with Crippen molar-refractivity contribution in [3.8, 4) is 5.75 Å². The number of carbonyl (C=O) groups excluding carboxylic acids is 1. The maximum absolute atomic E-state index is 12.0. The van der Waals surface area contributed by atoms with Gasteiger partial charge >= 0.3 is 0 Å². The minimum Gasteiger partial charge on any atom is -0.489 e. The van der Waals surface area contributed by atoms with E-state index in [2.05, 4.69) is 20.5 Å². The minimum atomic E-state index is -0.195. The number of aromatic nitrogens is 2. The number of fused-ring (bicyclic) bond motifs is 1. The molecule has 0 saturated carbocycles. The topological polar surface area (TPSA) is 79.4 Å². The second kappa shape index (κ2) is 9.76. The van der Waals surface area contributed by atoms with Gasteiger partial charge in [0, 0.05) is 0 Å². The van der Waals surface area contributed by atoms with Crippen LogP contribution in [0.15, 0.2) is 89.1 Å². The molecule has 0 spiro atoms. The molecule has 0 radical (unpaired) electrons. The Hall–Kier alpha value is -3.58. The molecule has 1 aromatic heterocycles. The van der Waals surface area contributed by atoms with Crippen molar-refractivity contribution < 1.29 is 9.53 Å². The first-order valence-corrected chi connectivity index (χ1v) is 10.4. The number of hydrazone groups is 1. The van der Waals surface area contributed by atoms with E-state index in [-0.39, 0.29) is 11.7 Å². The number of nitrogens with one attached hydrogen (secondary N) is 2. The third-order valence-corrected chi connectivity index (χ3v) is 5.11. The lowest BCUT2D eigenvalue weighted by Crippen LogP contribution is -2.19. The zero-order valence-electron chi connectivity index (χ0n) is 16.1. The molecule has 1 amide bonds. The molecule has 3 aromatic carbocycles. The highest BCUT2D eigenvalue weighted by Crippen LogP contribution is 2.18. The molecule has 0 aliphatic heterocycles. The molecule has 30 heavy (non-hydrogen) atoms. The summed E-state index contributed by atoms with van der Waals surface area (Å²) in [6.45, 7) is 0.521. The van der Waals surface area contributed by atoms with Gasteiger partial charge in [0.2, 0.25) is 0 Å². The van der Waals surface area contributed by atoms with E-state index in [4.69, 9.17) is 4.74 Å². The molecule has 7 heteroatoms. The number of para-hydroxylation sites is 2. The van der Waals surface area contributed by atoms with Crippen LogP contribution in [-0.2, 0) is 11.4 Å². The number of amides is 1. The lowest BCUT2D eigenvalue weighted by molar-refractivity contribution is -0.118. The fourth-order valence-corrected chi connectivity index (χ4v) is 3.41. The molecule has 2 N–H and O–H groups in total. The van der Waals surface area contributed by atoms with Crippen molar-refractivity contribution in [3.63, 3.8) is 0 Å². The summed E-state index contributed by atoms with van der Waals surface area (Å²) in [5.74, 6) is 0.811. The van der Waals surface area contributed by atoms with Crippen molar-refractivity contribution >= 4 is 34.9 Å². The summed E-state index contributed by atoms with van der Waals surface area (Å²) in [6, 6.07) is 25.3. The van der Waals surface area contributed by atoms with Gasteiger partial charge < -0.3 is 9.72 Å². The molecule has 0 unspecified atom stereocenters. The van der Waals surface area contributed by atoms with Crippen LogP contribution in [0.1, 0.15) is 11.1 Å². The average Bonchev–Trinajstić information content (AvgIpc) is 3.21. The van der Waals surface area contributed by atoms with Gasteiger partial charge in [-0.05, 0) is 47.5 Å². The summed E-state index contributed by atoms with van der Waals surface area (Å²) in [5.41, 5.74) is 6.36. The van der Waals surface area contributed by atoms with Crippen molar-refractivity contribution in [2.24, 2.45) is 5.10 Å². The monoisotopic (exact) mass is 416 g/mol. The van der Waals surface area contributed by atoms with Gasteiger partial charge in [0.05, 0.1) is 23.0 Å². The number of imidazole rings is 1. The van der Waals surface area contributed by atoms with Crippen LogP contribution in [-0.4, -0.2) is 27.8 Å². The van der Waals surface area contributed by atoms with Crippen LogP contribution in [0, 0.1) is 0 Å². The first kappa shape index (κ1) is 19.7. The number of H-pyrrole nitrogens is 1. The van der Waals surface area contributed by atoms with Gasteiger partial charge in [-0.15, -0.1) is 0 Å². The molecule has 1 heterocycles. The number of aromatic amines is 1. The second-order valence-corrected chi connectivity index (χ2v) is 7.45. The Bertz CT molecular complexity index is 1110. The standard InChI is InChI=1S/C23H20N4O2S/c28-22(16-30-23-25-20-8-4-5-9-21(20)26-23)27-24-14-17-10-12-19(13-11-17)29-15-18-6-2-1-3-7-18/h1-14H,15-16H2,(H,25,26)(H,27,28)/b24-14+.